The van der Waals surface area contributed by atoms with Gasteiger partial charge in [-0.1, -0.05) is 19.3 Å². The molecule has 0 atom stereocenters. The van der Waals surface area contributed by atoms with Gasteiger partial charge in [-0.2, -0.15) is 0 Å². The van der Waals surface area contributed by atoms with E-state index < -0.39 is 16.1 Å². The highest BCUT2D eigenvalue weighted by Crippen LogP contribution is 2.23. The summed E-state index contributed by atoms with van der Waals surface area (Å²) in [5.41, 5.74) is 0.341. The minimum Gasteiger partial charge on any atom is -0.465 e. The van der Waals surface area contributed by atoms with E-state index in [2.05, 4.69) is 10.0 Å². The summed E-state index contributed by atoms with van der Waals surface area (Å²) < 4.78 is 27.0. The maximum absolute atomic E-state index is 12.2. The summed E-state index contributed by atoms with van der Waals surface area (Å²) in [5.74, 6) is 0.418. The monoisotopic (exact) mass is 312 g/mol. The number of hydrogen-bond acceptors (Lipinski definition) is 3. The van der Waals surface area contributed by atoms with E-state index in [0.29, 0.717) is 18.2 Å². The van der Waals surface area contributed by atoms with Gasteiger partial charge in [0.05, 0.1) is 4.90 Å². The molecule has 1 fully saturated rings. The van der Waals surface area contributed by atoms with Crippen molar-refractivity contribution in [1.29, 1.82) is 0 Å². The van der Waals surface area contributed by atoms with Crippen LogP contribution in [0.15, 0.2) is 29.2 Å². The molecule has 6 nitrogen and oxygen atoms in total. The maximum atomic E-state index is 12.2. The first kappa shape index (κ1) is 15.8. The zero-order valence-electron chi connectivity index (χ0n) is 11.7. The lowest BCUT2D eigenvalue weighted by Gasteiger charge is -2.21. The predicted octanol–water partition coefficient (Wildman–Crippen LogP) is 2.64. The van der Waals surface area contributed by atoms with E-state index in [-0.39, 0.29) is 4.90 Å². The number of nitrogens with one attached hydrogen (secondary N) is 2. The molecule has 1 aliphatic rings. The van der Waals surface area contributed by atoms with Gasteiger partial charge in [0.2, 0.25) is 10.0 Å². The summed E-state index contributed by atoms with van der Waals surface area (Å²) >= 11 is 0. The predicted molar refractivity (Wildman–Crippen MR) is 79.9 cm³/mol. The molecule has 3 N–H and O–H groups in total. The third-order valence-corrected chi connectivity index (χ3v) is 5.14. The van der Waals surface area contributed by atoms with Crippen molar-refractivity contribution in [3.63, 3.8) is 0 Å². The average Bonchev–Trinajstić information content (AvgIpc) is 2.46. The standard InChI is InChI=1S/C14H20N2O4S/c17-14(18)16-12-6-8-13(9-7-12)21(19,20)15-10-11-4-2-1-3-5-11/h6-9,11,15-16H,1-5,10H2,(H,17,18). The number of amides is 1. The second-order valence-electron chi connectivity index (χ2n) is 5.31. The first-order valence-electron chi connectivity index (χ1n) is 7.07. The van der Waals surface area contributed by atoms with Crippen molar-refractivity contribution in [3.8, 4) is 0 Å². The van der Waals surface area contributed by atoms with E-state index in [1.807, 2.05) is 0 Å². The van der Waals surface area contributed by atoms with Crippen molar-refractivity contribution in [3.05, 3.63) is 24.3 Å². The minimum absolute atomic E-state index is 0.147. The summed E-state index contributed by atoms with van der Waals surface area (Å²) in [5, 5.41) is 10.8. The quantitative estimate of drug-likeness (QED) is 0.779. The Morgan fingerprint density at radius 1 is 1.14 bits per heavy atom. The Hall–Kier alpha value is -1.60. The van der Waals surface area contributed by atoms with Gasteiger partial charge in [-0.05, 0) is 43.0 Å². The van der Waals surface area contributed by atoms with Crippen LogP contribution in [0.5, 0.6) is 0 Å². The fourth-order valence-electron chi connectivity index (χ4n) is 2.54. The second-order valence-corrected chi connectivity index (χ2v) is 7.08. The molecule has 1 amide bonds. The van der Waals surface area contributed by atoms with Crippen LogP contribution in [0.2, 0.25) is 0 Å². The first-order valence-corrected chi connectivity index (χ1v) is 8.55. The van der Waals surface area contributed by atoms with E-state index in [1.54, 1.807) is 0 Å². The molecule has 1 aliphatic carbocycles. The molecule has 2 rings (SSSR count). The molecule has 0 saturated heterocycles. The fourth-order valence-corrected chi connectivity index (χ4v) is 3.66. The van der Waals surface area contributed by atoms with Crippen molar-refractivity contribution >= 4 is 21.8 Å². The molecule has 0 aromatic heterocycles. The molecule has 116 valence electrons. The van der Waals surface area contributed by atoms with Gasteiger partial charge in [0.25, 0.3) is 0 Å². The number of sulfonamides is 1. The van der Waals surface area contributed by atoms with Gasteiger partial charge in [-0.15, -0.1) is 0 Å². The molecule has 0 aliphatic heterocycles. The number of anilines is 1. The highest BCUT2D eigenvalue weighted by Gasteiger charge is 2.18. The average molecular weight is 312 g/mol. The van der Waals surface area contributed by atoms with Gasteiger partial charge in [0, 0.05) is 12.2 Å². The lowest BCUT2D eigenvalue weighted by atomic mass is 9.90. The summed E-state index contributed by atoms with van der Waals surface area (Å²) in [4.78, 5) is 10.6. The fraction of sp³-hybridized carbons (Fsp3) is 0.500. The van der Waals surface area contributed by atoms with E-state index in [4.69, 9.17) is 5.11 Å². The van der Waals surface area contributed by atoms with Crippen molar-refractivity contribution in [2.45, 2.75) is 37.0 Å². The van der Waals surface area contributed by atoms with Gasteiger partial charge in [-0.3, -0.25) is 5.32 Å². The van der Waals surface area contributed by atoms with Crippen molar-refractivity contribution < 1.29 is 18.3 Å². The van der Waals surface area contributed by atoms with Gasteiger partial charge in [-0.25, -0.2) is 17.9 Å². The largest absolute Gasteiger partial charge is 0.465 e. The molecule has 0 bridgehead atoms. The van der Waals surface area contributed by atoms with Crippen LogP contribution in [0.25, 0.3) is 0 Å². The topological polar surface area (TPSA) is 95.5 Å². The van der Waals surface area contributed by atoms with Crippen LogP contribution >= 0.6 is 0 Å². The van der Waals surface area contributed by atoms with Gasteiger partial charge < -0.3 is 5.11 Å². The maximum Gasteiger partial charge on any atom is 0.409 e. The Labute approximate surface area is 124 Å². The molecule has 0 radical (unpaired) electrons. The van der Waals surface area contributed by atoms with Crippen molar-refractivity contribution in [2.24, 2.45) is 5.92 Å². The first-order chi connectivity index (χ1) is 9.97. The molecule has 1 aromatic rings. The second kappa shape index (κ2) is 6.91. The van der Waals surface area contributed by atoms with E-state index >= 15 is 0 Å². The minimum atomic E-state index is -3.53. The van der Waals surface area contributed by atoms with Gasteiger partial charge >= 0.3 is 6.09 Å². The Balaban J connectivity index is 1.96. The normalized spacial score (nSPS) is 16.6. The summed E-state index contributed by atoms with van der Waals surface area (Å²) in [7, 11) is -3.53. The molecule has 0 spiro atoms. The molecule has 1 saturated carbocycles. The van der Waals surface area contributed by atoms with Crippen molar-refractivity contribution in [2.75, 3.05) is 11.9 Å². The Morgan fingerprint density at radius 3 is 2.33 bits per heavy atom. The summed E-state index contributed by atoms with van der Waals surface area (Å²) in [6.07, 6.45) is 4.54. The smallest absolute Gasteiger partial charge is 0.409 e. The van der Waals surface area contributed by atoms with E-state index in [1.165, 1.54) is 43.5 Å². The number of benzene rings is 1. The van der Waals surface area contributed by atoms with Crippen LogP contribution < -0.4 is 10.0 Å². The molecule has 1 aromatic carbocycles. The highest BCUT2D eigenvalue weighted by molar-refractivity contribution is 7.89. The Morgan fingerprint density at radius 2 is 1.76 bits per heavy atom. The summed E-state index contributed by atoms with van der Waals surface area (Å²) in [6, 6.07) is 5.66. The molecular formula is C14H20N2O4S. The van der Waals surface area contributed by atoms with Crippen LogP contribution in [0.1, 0.15) is 32.1 Å². The highest BCUT2D eigenvalue weighted by atomic mass is 32.2. The van der Waals surface area contributed by atoms with Crippen LogP contribution in [0, 0.1) is 5.92 Å². The summed E-state index contributed by atoms with van der Waals surface area (Å²) in [6.45, 7) is 0.470. The third kappa shape index (κ3) is 4.71. The molecule has 0 heterocycles. The lowest BCUT2D eigenvalue weighted by molar-refractivity contribution is 0.209. The number of carbonyl (C=O) groups is 1. The van der Waals surface area contributed by atoms with Crippen molar-refractivity contribution in [1.82, 2.24) is 4.72 Å². The van der Waals surface area contributed by atoms with E-state index in [0.717, 1.165) is 12.8 Å². The lowest BCUT2D eigenvalue weighted by Crippen LogP contribution is -2.30. The van der Waals surface area contributed by atoms with Crippen LogP contribution in [0.3, 0.4) is 0 Å². The molecule has 7 heteroatoms. The zero-order chi connectivity index (χ0) is 15.3. The van der Waals surface area contributed by atoms with Gasteiger partial charge in [0.1, 0.15) is 0 Å². The van der Waals surface area contributed by atoms with Gasteiger partial charge in [0.15, 0.2) is 0 Å². The number of carboxylic acid groups (broad SMARTS) is 1. The molecule has 21 heavy (non-hydrogen) atoms. The number of rotatable bonds is 5. The Kier molecular flexibility index (Phi) is 5.19. The number of hydrogen-bond donors (Lipinski definition) is 3. The van der Waals surface area contributed by atoms with Crippen LogP contribution in [-0.4, -0.2) is 26.2 Å². The van der Waals surface area contributed by atoms with Crippen LogP contribution in [-0.2, 0) is 10.0 Å². The zero-order valence-corrected chi connectivity index (χ0v) is 12.5. The molecular weight excluding hydrogens is 292 g/mol. The third-order valence-electron chi connectivity index (χ3n) is 3.70. The van der Waals surface area contributed by atoms with E-state index in [9.17, 15) is 13.2 Å². The SMILES string of the molecule is O=C(O)Nc1ccc(S(=O)(=O)NCC2CCCCC2)cc1. The molecule has 0 unspecified atom stereocenters. The Bertz CT molecular complexity index is 577. The van der Waals surface area contributed by atoms with Crippen LogP contribution in [0.4, 0.5) is 10.5 Å².